The molecule has 29 heavy (non-hydrogen) atoms. The lowest BCUT2D eigenvalue weighted by molar-refractivity contribution is -0.115. The van der Waals surface area contributed by atoms with Gasteiger partial charge in [0.1, 0.15) is 0 Å². The number of carbonyl (C=O) groups excluding carboxylic acids is 1. The first-order valence-corrected chi connectivity index (χ1v) is 11.4. The Bertz CT molecular complexity index is 1070. The van der Waals surface area contributed by atoms with E-state index in [0.717, 1.165) is 10.5 Å². The molecule has 1 amide bonds. The second kappa shape index (κ2) is 9.15. The molecule has 3 aromatic carbocycles. The second-order valence-electron chi connectivity index (χ2n) is 6.56. The number of amides is 1. The van der Waals surface area contributed by atoms with Crippen LogP contribution in [0.25, 0.3) is 0 Å². The number of sulfonamides is 1. The Morgan fingerprint density at radius 3 is 2.07 bits per heavy atom. The van der Waals surface area contributed by atoms with Gasteiger partial charge in [-0.05, 0) is 62.4 Å². The van der Waals surface area contributed by atoms with E-state index in [2.05, 4.69) is 10.0 Å². The Morgan fingerprint density at radius 1 is 0.862 bits per heavy atom. The maximum absolute atomic E-state index is 12.5. The van der Waals surface area contributed by atoms with E-state index in [-0.39, 0.29) is 16.1 Å². The molecule has 150 valence electrons. The van der Waals surface area contributed by atoms with Crippen LogP contribution in [0.15, 0.2) is 88.7 Å². The largest absolute Gasteiger partial charge is 0.325 e. The maximum Gasteiger partial charge on any atom is 0.261 e. The standard InChI is InChI=1S/C22H22N2O3S2/c1-16-8-10-19(11-9-16)24-29(26,27)21-14-12-18(13-15-21)23-22(25)17(2)28-20-6-4-3-5-7-20/h3-15,17,24H,1-2H3,(H,23,25)/t17-/m1/s1. The molecule has 2 N–H and O–H groups in total. The van der Waals surface area contributed by atoms with E-state index in [0.29, 0.717) is 11.4 Å². The van der Waals surface area contributed by atoms with Gasteiger partial charge in [0, 0.05) is 16.3 Å². The lowest BCUT2D eigenvalue weighted by Gasteiger charge is -2.13. The summed E-state index contributed by atoms with van der Waals surface area (Å²) in [6.07, 6.45) is 0. The highest BCUT2D eigenvalue weighted by atomic mass is 32.2. The van der Waals surface area contributed by atoms with Crippen LogP contribution in [0, 0.1) is 6.92 Å². The van der Waals surface area contributed by atoms with Crippen LogP contribution in [0.5, 0.6) is 0 Å². The Morgan fingerprint density at radius 2 is 1.45 bits per heavy atom. The van der Waals surface area contributed by atoms with Gasteiger partial charge in [0.2, 0.25) is 5.91 Å². The molecule has 0 saturated heterocycles. The van der Waals surface area contributed by atoms with Crippen LogP contribution in [-0.2, 0) is 14.8 Å². The van der Waals surface area contributed by atoms with Gasteiger partial charge in [0.25, 0.3) is 10.0 Å². The molecular formula is C22H22N2O3S2. The first-order valence-electron chi connectivity index (χ1n) is 9.05. The third-order valence-corrected chi connectivity index (χ3v) is 6.67. The fourth-order valence-electron chi connectivity index (χ4n) is 2.55. The van der Waals surface area contributed by atoms with Crippen LogP contribution in [0.3, 0.4) is 0 Å². The monoisotopic (exact) mass is 426 g/mol. The zero-order chi connectivity index (χ0) is 20.9. The summed E-state index contributed by atoms with van der Waals surface area (Å²) in [5, 5.41) is 2.53. The van der Waals surface area contributed by atoms with Crippen molar-refractivity contribution in [3.63, 3.8) is 0 Å². The van der Waals surface area contributed by atoms with Gasteiger partial charge in [-0.15, -0.1) is 11.8 Å². The summed E-state index contributed by atoms with van der Waals surface area (Å²) < 4.78 is 27.6. The number of aryl methyl sites for hydroxylation is 1. The lowest BCUT2D eigenvalue weighted by atomic mass is 10.2. The van der Waals surface area contributed by atoms with E-state index in [9.17, 15) is 13.2 Å². The number of carbonyl (C=O) groups is 1. The fourth-order valence-corrected chi connectivity index (χ4v) is 4.50. The second-order valence-corrected chi connectivity index (χ2v) is 9.65. The summed E-state index contributed by atoms with van der Waals surface area (Å²) in [5.41, 5.74) is 2.09. The minimum Gasteiger partial charge on any atom is -0.325 e. The van der Waals surface area contributed by atoms with E-state index < -0.39 is 10.0 Å². The van der Waals surface area contributed by atoms with Crippen molar-refractivity contribution in [2.45, 2.75) is 28.9 Å². The quantitative estimate of drug-likeness (QED) is 0.526. The van der Waals surface area contributed by atoms with Crippen LogP contribution in [0.4, 0.5) is 11.4 Å². The van der Waals surface area contributed by atoms with Crippen molar-refractivity contribution >= 4 is 39.1 Å². The average Bonchev–Trinajstić information content (AvgIpc) is 2.71. The van der Waals surface area contributed by atoms with Gasteiger partial charge in [0.15, 0.2) is 0 Å². The molecule has 0 bridgehead atoms. The summed E-state index contributed by atoms with van der Waals surface area (Å²) in [5.74, 6) is -0.146. The molecule has 3 rings (SSSR count). The van der Waals surface area contributed by atoms with Crippen molar-refractivity contribution < 1.29 is 13.2 Å². The third-order valence-electron chi connectivity index (χ3n) is 4.16. The minimum atomic E-state index is -3.70. The van der Waals surface area contributed by atoms with Crippen molar-refractivity contribution in [2.75, 3.05) is 10.0 Å². The zero-order valence-corrected chi connectivity index (χ0v) is 17.8. The molecule has 3 aromatic rings. The van der Waals surface area contributed by atoms with E-state index in [1.165, 1.54) is 23.9 Å². The number of rotatable bonds is 7. The third kappa shape index (κ3) is 5.85. The van der Waals surface area contributed by atoms with Crippen molar-refractivity contribution in [2.24, 2.45) is 0 Å². The summed E-state index contributed by atoms with van der Waals surface area (Å²) in [6.45, 7) is 3.77. The number of thioether (sulfide) groups is 1. The first-order chi connectivity index (χ1) is 13.8. The Labute approximate surface area is 175 Å². The summed E-state index contributed by atoms with van der Waals surface area (Å²) in [4.78, 5) is 13.5. The van der Waals surface area contributed by atoms with Gasteiger partial charge in [-0.3, -0.25) is 9.52 Å². The number of hydrogen-bond donors (Lipinski definition) is 2. The van der Waals surface area contributed by atoms with Gasteiger partial charge in [-0.2, -0.15) is 0 Å². The molecule has 0 aliphatic heterocycles. The highest BCUT2D eigenvalue weighted by molar-refractivity contribution is 8.00. The van der Waals surface area contributed by atoms with Crippen LogP contribution in [-0.4, -0.2) is 19.6 Å². The molecule has 0 unspecified atom stereocenters. The minimum absolute atomic E-state index is 0.128. The summed E-state index contributed by atoms with van der Waals surface area (Å²) in [6, 6.07) is 22.9. The molecule has 0 heterocycles. The Balaban J connectivity index is 1.63. The summed E-state index contributed by atoms with van der Waals surface area (Å²) in [7, 11) is -3.70. The zero-order valence-electron chi connectivity index (χ0n) is 16.1. The fraction of sp³-hybridized carbons (Fsp3) is 0.136. The molecule has 0 fully saturated rings. The molecule has 0 aliphatic carbocycles. The molecule has 5 nitrogen and oxygen atoms in total. The average molecular weight is 427 g/mol. The topological polar surface area (TPSA) is 75.3 Å². The van der Waals surface area contributed by atoms with Crippen molar-refractivity contribution in [3.05, 3.63) is 84.4 Å². The highest BCUT2D eigenvalue weighted by Gasteiger charge is 2.17. The SMILES string of the molecule is Cc1ccc(NS(=O)(=O)c2ccc(NC(=O)[C@@H](C)Sc3ccccc3)cc2)cc1. The van der Waals surface area contributed by atoms with E-state index >= 15 is 0 Å². The summed E-state index contributed by atoms with van der Waals surface area (Å²) >= 11 is 1.46. The molecule has 0 aliphatic rings. The van der Waals surface area contributed by atoms with Gasteiger partial charge in [-0.1, -0.05) is 35.9 Å². The lowest BCUT2D eigenvalue weighted by Crippen LogP contribution is -2.22. The molecular weight excluding hydrogens is 404 g/mol. The van der Waals surface area contributed by atoms with Crippen LogP contribution in [0.1, 0.15) is 12.5 Å². The van der Waals surface area contributed by atoms with E-state index in [1.54, 1.807) is 24.3 Å². The maximum atomic E-state index is 12.5. The molecule has 0 spiro atoms. The molecule has 0 saturated carbocycles. The smallest absolute Gasteiger partial charge is 0.261 e. The van der Waals surface area contributed by atoms with E-state index in [4.69, 9.17) is 0 Å². The number of anilines is 2. The van der Waals surface area contributed by atoms with Crippen LogP contribution in [0.2, 0.25) is 0 Å². The molecule has 0 radical (unpaired) electrons. The van der Waals surface area contributed by atoms with Gasteiger partial charge in [0.05, 0.1) is 10.1 Å². The Kier molecular flexibility index (Phi) is 6.61. The predicted octanol–water partition coefficient (Wildman–Crippen LogP) is 4.92. The molecule has 1 atom stereocenters. The van der Waals surface area contributed by atoms with Crippen LogP contribution < -0.4 is 10.0 Å². The van der Waals surface area contributed by atoms with Gasteiger partial charge in [-0.25, -0.2) is 8.42 Å². The molecule has 7 heteroatoms. The number of benzene rings is 3. The predicted molar refractivity (Wildman–Crippen MR) is 119 cm³/mol. The van der Waals surface area contributed by atoms with Crippen molar-refractivity contribution in [1.82, 2.24) is 0 Å². The van der Waals surface area contributed by atoms with Crippen molar-refractivity contribution in [1.29, 1.82) is 0 Å². The van der Waals surface area contributed by atoms with Crippen LogP contribution >= 0.6 is 11.8 Å². The van der Waals surface area contributed by atoms with Gasteiger partial charge >= 0.3 is 0 Å². The van der Waals surface area contributed by atoms with Crippen molar-refractivity contribution in [3.8, 4) is 0 Å². The van der Waals surface area contributed by atoms with E-state index in [1.807, 2.05) is 56.3 Å². The normalized spacial score (nSPS) is 12.2. The van der Waals surface area contributed by atoms with Gasteiger partial charge < -0.3 is 5.32 Å². The number of hydrogen-bond acceptors (Lipinski definition) is 4. The molecule has 0 aromatic heterocycles. The Hall–Kier alpha value is -2.77. The highest BCUT2D eigenvalue weighted by Crippen LogP contribution is 2.24. The number of nitrogens with one attached hydrogen (secondary N) is 2. The first kappa shape index (κ1) is 21.0.